The number of halogens is 1. The fraction of sp³-hybridized carbons (Fsp3) is 0.174. The van der Waals surface area contributed by atoms with Crippen molar-refractivity contribution in [1.82, 2.24) is 4.31 Å². The van der Waals surface area contributed by atoms with Crippen molar-refractivity contribution in [3.05, 3.63) is 88.9 Å². The number of carbonyl (C=O) groups is 1. The molecule has 0 bridgehead atoms. The third-order valence-electron chi connectivity index (χ3n) is 4.63. The molecule has 0 atom stereocenters. The van der Waals surface area contributed by atoms with E-state index >= 15 is 0 Å². The monoisotopic (exact) mass is 458 g/mol. The zero-order valence-corrected chi connectivity index (χ0v) is 18.8. The minimum Gasteiger partial charge on any atom is -0.496 e. The lowest BCUT2D eigenvalue weighted by Crippen LogP contribution is -2.37. The number of amides is 1. The molecule has 0 saturated carbocycles. The van der Waals surface area contributed by atoms with E-state index in [-0.39, 0.29) is 18.0 Å². The number of benzene rings is 3. The predicted octanol–water partition coefficient (Wildman–Crippen LogP) is 4.49. The summed E-state index contributed by atoms with van der Waals surface area (Å²) in [5.74, 6) is 0.124. The van der Waals surface area contributed by atoms with E-state index in [1.807, 2.05) is 30.3 Å². The molecule has 0 saturated heterocycles. The van der Waals surface area contributed by atoms with Gasteiger partial charge in [-0.15, -0.1) is 0 Å². The first-order chi connectivity index (χ1) is 14.8. The second-order valence-electron chi connectivity index (χ2n) is 6.95. The Morgan fingerprint density at radius 1 is 1.03 bits per heavy atom. The molecule has 1 N–H and O–H groups in total. The highest BCUT2D eigenvalue weighted by Crippen LogP contribution is 2.25. The van der Waals surface area contributed by atoms with Crippen LogP contribution in [0.5, 0.6) is 5.75 Å². The molecule has 0 aliphatic heterocycles. The summed E-state index contributed by atoms with van der Waals surface area (Å²) in [6.45, 7) is 1.47. The van der Waals surface area contributed by atoms with Crippen molar-refractivity contribution in [2.24, 2.45) is 0 Å². The van der Waals surface area contributed by atoms with E-state index in [1.165, 1.54) is 13.2 Å². The maximum absolute atomic E-state index is 13.4. The summed E-state index contributed by atoms with van der Waals surface area (Å²) in [7, 11) is -2.43. The van der Waals surface area contributed by atoms with Gasteiger partial charge in [0.05, 0.1) is 18.6 Å². The second kappa shape index (κ2) is 9.96. The summed E-state index contributed by atoms with van der Waals surface area (Å²) < 4.78 is 33.2. The molecule has 1 amide bonds. The van der Waals surface area contributed by atoms with Crippen molar-refractivity contribution < 1.29 is 17.9 Å². The highest BCUT2D eigenvalue weighted by atomic mass is 35.5. The van der Waals surface area contributed by atoms with Crippen LogP contribution in [0.3, 0.4) is 0 Å². The maximum Gasteiger partial charge on any atom is 0.243 e. The number of nitrogens with zero attached hydrogens (tertiary/aromatic N) is 1. The van der Waals surface area contributed by atoms with Gasteiger partial charge in [-0.25, -0.2) is 8.42 Å². The molecule has 6 nitrogen and oxygen atoms in total. The molecule has 0 fully saturated rings. The summed E-state index contributed by atoms with van der Waals surface area (Å²) in [5, 5.41) is 3.18. The molecule has 31 heavy (non-hydrogen) atoms. The molecule has 162 valence electrons. The van der Waals surface area contributed by atoms with Crippen molar-refractivity contribution >= 4 is 33.2 Å². The molecule has 0 aliphatic rings. The Morgan fingerprint density at radius 3 is 2.42 bits per heavy atom. The fourth-order valence-corrected chi connectivity index (χ4v) is 4.76. The smallest absolute Gasteiger partial charge is 0.243 e. The molecule has 0 heterocycles. The van der Waals surface area contributed by atoms with Crippen molar-refractivity contribution in [3.63, 3.8) is 0 Å². The normalized spacial score (nSPS) is 11.4. The van der Waals surface area contributed by atoms with Crippen LogP contribution >= 0.6 is 11.6 Å². The Balaban J connectivity index is 1.89. The third-order valence-corrected chi connectivity index (χ3v) is 6.66. The number of hydrogen-bond acceptors (Lipinski definition) is 4. The first-order valence-corrected chi connectivity index (χ1v) is 11.4. The van der Waals surface area contributed by atoms with Crippen LogP contribution in [0.4, 0.5) is 5.69 Å². The molecule has 3 rings (SSSR count). The van der Waals surface area contributed by atoms with Crippen molar-refractivity contribution in [2.75, 3.05) is 19.0 Å². The Labute approximate surface area is 187 Å². The SMILES string of the molecule is COc1ccc(S(=O)(=O)N(CC(=O)Nc2cccc(Cl)c2)Cc2ccccc2)cc1C. The third kappa shape index (κ3) is 5.85. The molecule has 3 aromatic carbocycles. The average Bonchev–Trinajstić information content (AvgIpc) is 2.74. The standard InChI is InChI=1S/C23H23ClN2O4S/c1-17-13-21(11-12-22(17)30-2)31(28,29)26(15-18-7-4-3-5-8-18)16-23(27)25-20-10-6-9-19(24)14-20/h3-14H,15-16H2,1-2H3,(H,25,27). The Morgan fingerprint density at radius 2 is 1.77 bits per heavy atom. The van der Waals surface area contributed by atoms with E-state index in [9.17, 15) is 13.2 Å². The summed E-state index contributed by atoms with van der Waals surface area (Å²) in [6, 6.07) is 20.4. The number of nitrogens with one attached hydrogen (secondary N) is 1. The van der Waals surface area contributed by atoms with Gasteiger partial charge in [-0.05, 0) is 54.4 Å². The first-order valence-electron chi connectivity index (χ1n) is 9.54. The average molecular weight is 459 g/mol. The number of ether oxygens (including phenoxy) is 1. The Bertz CT molecular complexity index is 1170. The highest BCUT2D eigenvalue weighted by molar-refractivity contribution is 7.89. The van der Waals surface area contributed by atoms with Gasteiger partial charge in [-0.3, -0.25) is 4.79 Å². The van der Waals surface area contributed by atoms with Gasteiger partial charge < -0.3 is 10.1 Å². The van der Waals surface area contributed by atoms with E-state index < -0.39 is 15.9 Å². The maximum atomic E-state index is 13.4. The van der Waals surface area contributed by atoms with E-state index in [0.29, 0.717) is 22.0 Å². The van der Waals surface area contributed by atoms with Gasteiger partial charge in [-0.2, -0.15) is 4.31 Å². The van der Waals surface area contributed by atoms with Crippen LogP contribution in [0.15, 0.2) is 77.7 Å². The van der Waals surface area contributed by atoms with E-state index in [1.54, 1.807) is 43.3 Å². The second-order valence-corrected chi connectivity index (χ2v) is 9.32. The van der Waals surface area contributed by atoms with Crippen LogP contribution in [0.1, 0.15) is 11.1 Å². The minimum absolute atomic E-state index is 0.0528. The number of aryl methyl sites for hydroxylation is 1. The quantitative estimate of drug-likeness (QED) is 0.539. The van der Waals surface area contributed by atoms with Crippen LogP contribution in [0.2, 0.25) is 5.02 Å². The number of hydrogen-bond donors (Lipinski definition) is 1. The van der Waals surface area contributed by atoms with Gasteiger partial charge in [0, 0.05) is 17.3 Å². The summed E-state index contributed by atoms with van der Waals surface area (Å²) >= 11 is 5.97. The van der Waals surface area contributed by atoms with Crippen LogP contribution in [-0.2, 0) is 21.4 Å². The van der Waals surface area contributed by atoms with E-state index in [0.717, 1.165) is 9.87 Å². The highest BCUT2D eigenvalue weighted by Gasteiger charge is 2.27. The van der Waals surface area contributed by atoms with Crippen molar-refractivity contribution in [2.45, 2.75) is 18.4 Å². The molecule has 0 unspecified atom stereocenters. The van der Waals surface area contributed by atoms with Gasteiger partial charge in [0.25, 0.3) is 0 Å². The molecule has 3 aromatic rings. The van der Waals surface area contributed by atoms with Crippen LogP contribution in [-0.4, -0.2) is 32.3 Å². The lowest BCUT2D eigenvalue weighted by molar-refractivity contribution is -0.116. The molecular weight excluding hydrogens is 436 g/mol. The van der Waals surface area contributed by atoms with Crippen molar-refractivity contribution in [3.8, 4) is 5.75 Å². The van der Waals surface area contributed by atoms with Crippen LogP contribution in [0.25, 0.3) is 0 Å². The number of rotatable bonds is 8. The molecular formula is C23H23ClN2O4S. The molecule has 0 radical (unpaired) electrons. The number of sulfonamides is 1. The predicted molar refractivity (Wildman–Crippen MR) is 122 cm³/mol. The number of methoxy groups -OCH3 is 1. The number of anilines is 1. The van der Waals surface area contributed by atoms with Gasteiger partial charge in [0.2, 0.25) is 15.9 Å². The topological polar surface area (TPSA) is 75.7 Å². The van der Waals surface area contributed by atoms with Crippen LogP contribution < -0.4 is 10.1 Å². The number of carbonyl (C=O) groups excluding carboxylic acids is 1. The Kier molecular flexibility index (Phi) is 7.33. The van der Waals surface area contributed by atoms with E-state index in [4.69, 9.17) is 16.3 Å². The van der Waals surface area contributed by atoms with Crippen molar-refractivity contribution in [1.29, 1.82) is 0 Å². The Hall–Kier alpha value is -2.87. The minimum atomic E-state index is -3.95. The lowest BCUT2D eigenvalue weighted by Gasteiger charge is -2.22. The summed E-state index contributed by atoms with van der Waals surface area (Å²) in [5.41, 5.74) is 1.95. The molecule has 0 spiro atoms. The summed E-state index contributed by atoms with van der Waals surface area (Å²) in [4.78, 5) is 12.8. The fourth-order valence-electron chi connectivity index (χ4n) is 3.10. The van der Waals surface area contributed by atoms with Gasteiger partial charge in [0.15, 0.2) is 0 Å². The van der Waals surface area contributed by atoms with Gasteiger partial charge >= 0.3 is 0 Å². The molecule has 8 heteroatoms. The van der Waals surface area contributed by atoms with Crippen LogP contribution in [0, 0.1) is 6.92 Å². The first kappa shape index (κ1) is 22.8. The summed E-state index contributed by atoms with van der Waals surface area (Å²) in [6.07, 6.45) is 0. The van der Waals surface area contributed by atoms with E-state index in [2.05, 4.69) is 5.32 Å². The largest absolute Gasteiger partial charge is 0.496 e. The van der Waals surface area contributed by atoms with Gasteiger partial charge in [-0.1, -0.05) is 48.0 Å². The zero-order chi connectivity index (χ0) is 22.4. The zero-order valence-electron chi connectivity index (χ0n) is 17.2. The van der Waals surface area contributed by atoms with Gasteiger partial charge in [0.1, 0.15) is 5.75 Å². The molecule has 0 aliphatic carbocycles. The lowest BCUT2D eigenvalue weighted by atomic mass is 10.2. The molecule has 0 aromatic heterocycles.